The van der Waals surface area contributed by atoms with E-state index in [1.54, 1.807) is 19.9 Å². The Bertz CT molecular complexity index is 1100. The maximum absolute atomic E-state index is 13.4. The number of esters is 2. The van der Waals surface area contributed by atoms with Crippen molar-refractivity contribution in [3.63, 3.8) is 0 Å². The standard InChI is InChI=1S/C30H44O9/c1-15-12-23(39-25(34)16(15)2)28(6,35)20-14-24(38-17(3)31)30(37)19-13-22(33)29(36)10-7-8-21(32)27(29,5)18(19)9-11-26(20,30)4/h7-8,15-16,18-20,22-24,33,35-37H,9-14H2,1-6H3/t15-,16?,18-,19+,20-,22+,23?,24?,26+,27-,28+,29-,30+/m0/s1. The van der Waals surface area contributed by atoms with Gasteiger partial charge in [-0.3, -0.25) is 14.4 Å². The van der Waals surface area contributed by atoms with Gasteiger partial charge in [0.1, 0.15) is 29.0 Å². The van der Waals surface area contributed by atoms with Gasteiger partial charge in [0, 0.05) is 18.3 Å². The number of fused-ring (bicyclic) bond motifs is 5. The van der Waals surface area contributed by atoms with Crippen molar-refractivity contribution < 1.29 is 44.3 Å². The molecule has 4 fully saturated rings. The molecule has 0 bridgehead atoms. The lowest BCUT2D eigenvalue weighted by atomic mass is 9.41. The summed E-state index contributed by atoms with van der Waals surface area (Å²) >= 11 is 0. The smallest absolute Gasteiger partial charge is 0.309 e. The molecule has 4 aliphatic carbocycles. The van der Waals surface area contributed by atoms with Gasteiger partial charge >= 0.3 is 11.9 Å². The predicted octanol–water partition coefficient (Wildman–Crippen LogP) is 2.07. The highest BCUT2D eigenvalue weighted by Crippen LogP contribution is 2.70. The summed E-state index contributed by atoms with van der Waals surface area (Å²) < 4.78 is 11.5. The van der Waals surface area contributed by atoms with Gasteiger partial charge in [-0.05, 0) is 76.2 Å². The van der Waals surface area contributed by atoms with Crippen molar-refractivity contribution in [3.8, 4) is 0 Å². The minimum Gasteiger partial charge on any atom is -0.459 e. The monoisotopic (exact) mass is 548 g/mol. The Kier molecular flexibility index (Phi) is 6.51. The number of hydrogen-bond acceptors (Lipinski definition) is 9. The fourth-order valence-corrected chi connectivity index (χ4v) is 9.58. The van der Waals surface area contributed by atoms with Gasteiger partial charge in [-0.2, -0.15) is 0 Å². The number of aliphatic hydroxyl groups excluding tert-OH is 1. The van der Waals surface area contributed by atoms with E-state index in [1.807, 2.05) is 20.8 Å². The van der Waals surface area contributed by atoms with E-state index < -0.39 is 69.7 Å². The molecule has 0 amide bonds. The molecule has 5 aliphatic rings. The topological polar surface area (TPSA) is 151 Å². The Labute approximate surface area is 229 Å². The Morgan fingerprint density at radius 3 is 2.41 bits per heavy atom. The van der Waals surface area contributed by atoms with E-state index in [2.05, 4.69) is 0 Å². The third-order valence-corrected chi connectivity index (χ3v) is 12.3. The van der Waals surface area contributed by atoms with Crippen LogP contribution in [0.4, 0.5) is 0 Å². The molecule has 1 aliphatic heterocycles. The van der Waals surface area contributed by atoms with Crippen molar-refractivity contribution in [1.29, 1.82) is 0 Å². The first-order valence-electron chi connectivity index (χ1n) is 14.4. The molecular formula is C30H44O9. The van der Waals surface area contributed by atoms with Crippen LogP contribution >= 0.6 is 0 Å². The third-order valence-electron chi connectivity index (χ3n) is 12.3. The van der Waals surface area contributed by atoms with Crippen LogP contribution in [0.15, 0.2) is 12.2 Å². The summed E-state index contributed by atoms with van der Waals surface area (Å²) in [5.41, 5.74) is -7.27. The first kappa shape index (κ1) is 28.7. The summed E-state index contributed by atoms with van der Waals surface area (Å²) in [4.78, 5) is 38.3. The number of allylic oxidation sites excluding steroid dienone is 1. The molecule has 9 nitrogen and oxygen atoms in total. The van der Waals surface area contributed by atoms with Crippen LogP contribution < -0.4 is 0 Å². The largest absolute Gasteiger partial charge is 0.459 e. The first-order valence-corrected chi connectivity index (χ1v) is 14.4. The number of ether oxygens (including phenoxy) is 2. The molecule has 9 heteroatoms. The fourth-order valence-electron chi connectivity index (χ4n) is 9.58. The second kappa shape index (κ2) is 8.84. The van der Waals surface area contributed by atoms with Crippen LogP contribution in [0, 0.1) is 40.4 Å². The molecule has 4 N–H and O–H groups in total. The van der Waals surface area contributed by atoms with Crippen molar-refractivity contribution in [2.45, 2.75) is 115 Å². The van der Waals surface area contributed by atoms with Crippen molar-refractivity contribution >= 4 is 17.7 Å². The van der Waals surface area contributed by atoms with Crippen molar-refractivity contribution in [2.75, 3.05) is 0 Å². The Hall–Kier alpha value is -1.81. The molecule has 39 heavy (non-hydrogen) atoms. The van der Waals surface area contributed by atoms with E-state index in [-0.39, 0.29) is 42.9 Å². The van der Waals surface area contributed by atoms with Crippen LogP contribution in [-0.4, -0.2) is 73.3 Å². The SMILES string of the molecule is CC(=O)OC1C[C@H]([C@@](C)(O)C2C[C@H](C)C(C)C(=O)O2)[C@@]2(C)CC[C@H]3[C@@H](C[C@@H](O)[C@@]4(O)CC=CC(=O)[C@]34C)[C@@]12O. The third kappa shape index (κ3) is 3.55. The number of carbonyl (C=O) groups is 3. The average molecular weight is 549 g/mol. The number of cyclic esters (lactones) is 1. The summed E-state index contributed by atoms with van der Waals surface area (Å²) in [7, 11) is 0. The molecule has 3 saturated carbocycles. The zero-order valence-corrected chi connectivity index (χ0v) is 23.8. The Morgan fingerprint density at radius 2 is 1.79 bits per heavy atom. The summed E-state index contributed by atoms with van der Waals surface area (Å²) in [5.74, 6) is -3.34. The first-order chi connectivity index (χ1) is 18.0. The lowest BCUT2D eigenvalue weighted by Gasteiger charge is -2.66. The lowest BCUT2D eigenvalue weighted by molar-refractivity contribution is -0.284. The molecule has 218 valence electrons. The van der Waals surface area contributed by atoms with Crippen LogP contribution in [0.2, 0.25) is 0 Å². The molecule has 13 atom stereocenters. The van der Waals surface area contributed by atoms with Crippen molar-refractivity contribution in [2.24, 2.45) is 40.4 Å². The van der Waals surface area contributed by atoms with Crippen LogP contribution in [0.1, 0.15) is 80.1 Å². The molecule has 1 saturated heterocycles. The van der Waals surface area contributed by atoms with Gasteiger partial charge in [0.05, 0.1) is 17.4 Å². The molecule has 0 aromatic carbocycles. The van der Waals surface area contributed by atoms with E-state index >= 15 is 0 Å². The molecule has 5 rings (SSSR count). The van der Waals surface area contributed by atoms with Gasteiger partial charge in [-0.25, -0.2) is 0 Å². The molecule has 0 aromatic heterocycles. The van der Waals surface area contributed by atoms with Crippen LogP contribution in [0.25, 0.3) is 0 Å². The summed E-state index contributed by atoms with van der Waals surface area (Å²) in [6, 6.07) is 0. The fraction of sp³-hybridized carbons (Fsp3) is 0.833. The van der Waals surface area contributed by atoms with Gasteiger partial charge < -0.3 is 29.9 Å². The number of rotatable bonds is 3. The number of ketones is 1. The van der Waals surface area contributed by atoms with E-state index in [0.29, 0.717) is 19.3 Å². The zero-order chi connectivity index (χ0) is 28.9. The highest BCUT2D eigenvalue weighted by atomic mass is 16.6. The van der Waals surface area contributed by atoms with E-state index in [9.17, 15) is 34.8 Å². The maximum Gasteiger partial charge on any atom is 0.309 e. The molecule has 3 unspecified atom stereocenters. The second-order valence-electron chi connectivity index (χ2n) is 13.9. The quantitative estimate of drug-likeness (QED) is 0.389. The highest BCUT2D eigenvalue weighted by Gasteiger charge is 2.77. The van der Waals surface area contributed by atoms with Crippen molar-refractivity contribution in [3.05, 3.63) is 12.2 Å². The zero-order valence-electron chi connectivity index (χ0n) is 23.8. The summed E-state index contributed by atoms with van der Waals surface area (Å²) in [6.45, 7) is 10.2. The predicted molar refractivity (Wildman–Crippen MR) is 139 cm³/mol. The Balaban J connectivity index is 1.59. The molecule has 0 aromatic rings. The van der Waals surface area contributed by atoms with Gasteiger partial charge in [-0.1, -0.05) is 26.8 Å². The van der Waals surface area contributed by atoms with Crippen LogP contribution in [0.3, 0.4) is 0 Å². The number of hydrogen-bond donors (Lipinski definition) is 4. The summed E-state index contributed by atoms with van der Waals surface area (Å²) in [5, 5.41) is 47.9. The van der Waals surface area contributed by atoms with Crippen molar-refractivity contribution in [1.82, 2.24) is 0 Å². The van der Waals surface area contributed by atoms with Crippen LogP contribution in [-0.2, 0) is 23.9 Å². The number of carbonyl (C=O) groups excluding carboxylic acids is 3. The second-order valence-corrected chi connectivity index (χ2v) is 13.9. The van der Waals surface area contributed by atoms with E-state index in [1.165, 1.54) is 13.0 Å². The van der Waals surface area contributed by atoms with Gasteiger partial charge in [0.15, 0.2) is 5.78 Å². The highest BCUT2D eigenvalue weighted by molar-refractivity contribution is 5.97. The average Bonchev–Trinajstić information content (AvgIpc) is 3.08. The summed E-state index contributed by atoms with van der Waals surface area (Å²) in [6.07, 6.45) is 1.51. The molecule has 0 radical (unpaired) electrons. The Morgan fingerprint density at radius 1 is 1.13 bits per heavy atom. The minimum atomic E-state index is -1.71. The molecule has 1 heterocycles. The van der Waals surface area contributed by atoms with E-state index in [0.717, 1.165) is 0 Å². The minimum absolute atomic E-state index is 0.00712. The lowest BCUT2D eigenvalue weighted by Crippen LogP contribution is -2.74. The maximum atomic E-state index is 13.4. The number of aliphatic hydroxyl groups is 4. The van der Waals surface area contributed by atoms with E-state index in [4.69, 9.17) is 9.47 Å². The van der Waals surface area contributed by atoms with Gasteiger partial charge in [0.2, 0.25) is 0 Å². The van der Waals surface area contributed by atoms with Gasteiger partial charge in [0.25, 0.3) is 0 Å². The molecular weight excluding hydrogens is 504 g/mol. The normalized spacial score (nSPS) is 52.7. The van der Waals surface area contributed by atoms with Crippen LogP contribution in [0.5, 0.6) is 0 Å². The molecule has 0 spiro atoms. The van der Waals surface area contributed by atoms with Gasteiger partial charge in [-0.15, -0.1) is 0 Å².